The molecule has 254 valence electrons. The molecule has 0 saturated carbocycles. The second-order valence-electron chi connectivity index (χ2n) is 13.8. The van der Waals surface area contributed by atoms with Crippen molar-refractivity contribution in [2.45, 2.75) is 233 Å². The second-order valence-corrected chi connectivity index (χ2v) is 13.8. The van der Waals surface area contributed by atoms with E-state index in [0.717, 1.165) is 0 Å². The zero-order valence-electron chi connectivity index (χ0n) is 30.4. The van der Waals surface area contributed by atoms with Crippen LogP contribution in [-0.4, -0.2) is 36.2 Å². The molecule has 0 radical (unpaired) electrons. The van der Waals surface area contributed by atoms with Crippen LogP contribution >= 0.6 is 0 Å². The van der Waals surface area contributed by atoms with Gasteiger partial charge in [0, 0.05) is 26.2 Å². The molecule has 2 nitrogen and oxygen atoms in total. The fourth-order valence-electron chi connectivity index (χ4n) is 6.48. The number of rotatable bonds is 37. The minimum atomic E-state index is 1.28. The van der Waals surface area contributed by atoms with E-state index in [4.69, 9.17) is 0 Å². The first kappa shape index (κ1) is 41.9. The highest BCUT2D eigenvalue weighted by atomic mass is 15.6. The predicted octanol–water partition coefficient (Wildman–Crippen LogP) is 14.1. The van der Waals surface area contributed by atoms with Crippen molar-refractivity contribution in [3.63, 3.8) is 0 Å². The maximum Gasteiger partial charge on any atom is 0.0133 e. The van der Waals surface area contributed by atoms with E-state index >= 15 is 0 Å². The first-order valence-electron chi connectivity index (χ1n) is 20.3. The molecule has 0 aliphatic heterocycles. The molecule has 0 spiro atoms. The molecular formula is C40H84N2. The van der Waals surface area contributed by atoms with Crippen LogP contribution in [0, 0.1) is 0 Å². The third-order valence-corrected chi connectivity index (χ3v) is 9.48. The molecule has 0 aliphatic carbocycles. The molecule has 0 amide bonds. The van der Waals surface area contributed by atoms with Crippen molar-refractivity contribution in [2.75, 3.05) is 26.2 Å². The van der Waals surface area contributed by atoms with Crippen LogP contribution in [0.1, 0.15) is 233 Å². The average Bonchev–Trinajstić information content (AvgIpc) is 3.00. The van der Waals surface area contributed by atoms with Gasteiger partial charge in [-0.15, -0.1) is 0 Å². The normalized spacial score (nSPS) is 11.9. The molecule has 42 heavy (non-hydrogen) atoms. The maximum atomic E-state index is 2.83. The summed E-state index contributed by atoms with van der Waals surface area (Å²) in [5, 5.41) is 5.65. The van der Waals surface area contributed by atoms with E-state index in [0.29, 0.717) is 0 Å². The fourth-order valence-corrected chi connectivity index (χ4v) is 6.48. The number of hydrogen-bond donors (Lipinski definition) is 0. The summed E-state index contributed by atoms with van der Waals surface area (Å²) in [7, 11) is 0. The molecular weight excluding hydrogens is 508 g/mol. The topological polar surface area (TPSA) is 6.48 Å². The standard InChI is InChI=1S/C40H84N2/c1-5-9-13-16-19-22-25-28-31-34-38-41(37-12-8-4)42(39-35-32-29-26-23-20-17-14-10-6-2)40-36-33-30-27-24-21-18-15-11-7-3/h5-40H2,1-4H3. The quantitative estimate of drug-likeness (QED) is 0.0523. The molecule has 0 bridgehead atoms. The summed E-state index contributed by atoms with van der Waals surface area (Å²) in [5.74, 6) is 0. The van der Waals surface area contributed by atoms with Crippen LogP contribution in [0.15, 0.2) is 0 Å². The lowest BCUT2D eigenvalue weighted by atomic mass is 10.1. The van der Waals surface area contributed by atoms with E-state index in [9.17, 15) is 0 Å². The van der Waals surface area contributed by atoms with Crippen LogP contribution in [0.3, 0.4) is 0 Å². The highest BCUT2D eigenvalue weighted by Gasteiger charge is 2.14. The Kier molecular flexibility index (Phi) is 37.0. The highest BCUT2D eigenvalue weighted by Crippen LogP contribution is 2.16. The van der Waals surface area contributed by atoms with Gasteiger partial charge in [0.1, 0.15) is 0 Å². The summed E-state index contributed by atoms with van der Waals surface area (Å²) in [6.07, 6.45) is 45.8. The summed E-state index contributed by atoms with van der Waals surface area (Å²) in [5.41, 5.74) is 0. The van der Waals surface area contributed by atoms with Crippen LogP contribution in [0.5, 0.6) is 0 Å². The van der Waals surface area contributed by atoms with Crippen LogP contribution < -0.4 is 0 Å². The molecule has 0 aromatic carbocycles. The molecule has 0 N–H and O–H groups in total. The van der Waals surface area contributed by atoms with Gasteiger partial charge in [0.25, 0.3) is 0 Å². The summed E-state index contributed by atoms with van der Waals surface area (Å²) in [6.45, 7) is 14.5. The van der Waals surface area contributed by atoms with Gasteiger partial charge in [0.05, 0.1) is 0 Å². The molecule has 0 atom stereocenters. The zero-order valence-corrected chi connectivity index (χ0v) is 30.4. The Morgan fingerprint density at radius 2 is 0.357 bits per heavy atom. The second kappa shape index (κ2) is 37.1. The summed E-state index contributed by atoms with van der Waals surface area (Å²) in [6, 6.07) is 0. The smallest absolute Gasteiger partial charge is 0.0133 e. The first-order chi connectivity index (χ1) is 20.8. The van der Waals surface area contributed by atoms with Crippen molar-refractivity contribution in [2.24, 2.45) is 0 Å². The molecule has 0 aromatic heterocycles. The Morgan fingerprint density at radius 1 is 0.190 bits per heavy atom. The Hall–Kier alpha value is -0.0800. The van der Waals surface area contributed by atoms with Crippen molar-refractivity contribution in [1.82, 2.24) is 10.0 Å². The number of unbranched alkanes of at least 4 members (excludes halogenated alkanes) is 28. The molecule has 0 rings (SSSR count). The number of hydrazine groups is 1. The van der Waals surface area contributed by atoms with Gasteiger partial charge in [0.2, 0.25) is 0 Å². The van der Waals surface area contributed by atoms with E-state index in [2.05, 4.69) is 37.7 Å². The zero-order chi connectivity index (χ0) is 30.6. The Labute approximate surface area is 268 Å². The molecule has 2 heteroatoms. The van der Waals surface area contributed by atoms with Crippen molar-refractivity contribution in [3.05, 3.63) is 0 Å². The average molecular weight is 593 g/mol. The van der Waals surface area contributed by atoms with E-state index in [1.807, 2.05) is 0 Å². The molecule has 0 saturated heterocycles. The van der Waals surface area contributed by atoms with Crippen molar-refractivity contribution in [1.29, 1.82) is 0 Å². The van der Waals surface area contributed by atoms with Crippen LogP contribution in [0.2, 0.25) is 0 Å². The van der Waals surface area contributed by atoms with Crippen molar-refractivity contribution in [3.8, 4) is 0 Å². The predicted molar refractivity (Wildman–Crippen MR) is 194 cm³/mol. The summed E-state index contributed by atoms with van der Waals surface area (Å²) < 4.78 is 0. The first-order valence-corrected chi connectivity index (χ1v) is 20.3. The van der Waals surface area contributed by atoms with Crippen molar-refractivity contribution >= 4 is 0 Å². The molecule has 0 aromatic rings. The minimum Gasteiger partial charge on any atom is -0.242 e. The van der Waals surface area contributed by atoms with Gasteiger partial charge in [-0.05, 0) is 25.7 Å². The van der Waals surface area contributed by atoms with Gasteiger partial charge in [0.15, 0.2) is 0 Å². The third kappa shape index (κ3) is 31.3. The molecule has 0 unspecified atom stereocenters. The van der Waals surface area contributed by atoms with E-state index in [-0.39, 0.29) is 0 Å². The van der Waals surface area contributed by atoms with Gasteiger partial charge in [-0.2, -0.15) is 0 Å². The van der Waals surface area contributed by atoms with Crippen LogP contribution in [0.25, 0.3) is 0 Å². The number of nitrogens with zero attached hydrogens (tertiary/aromatic N) is 2. The Morgan fingerprint density at radius 3 is 0.571 bits per heavy atom. The van der Waals surface area contributed by atoms with Gasteiger partial charge in [-0.3, -0.25) is 0 Å². The lowest BCUT2D eigenvalue weighted by Crippen LogP contribution is -2.45. The highest BCUT2D eigenvalue weighted by molar-refractivity contribution is 4.62. The summed E-state index contributed by atoms with van der Waals surface area (Å²) >= 11 is 0. The maximum absolute atomic E-state index is 2.83. The minimum absolute atomic E-state index is 1.28. The van der Waals surface area contributed by atoms with Gasteiger partial charge >= 0.3 is 0 Å². The van der Waals surface area contributed by atoms with E-state index in [1.54, 1.807) is 0 Å². The van der Waals surface area contributed by atoms with Crippen molar-refractivity contribution < 1.29 is 0 Å². The van der Waals surface area contributed by atoms with Crippen LogP contribution in [-0.2, 0) is 0 Å². The van der Waals surface area contributed by atoms with Gasteiger partial charge in [-0.1, -0.05) is 207 Å². The Bertz CT molecular complexity index is 441. The third-order valence-electron chi connectivity index (χ3n) is 9.48. The lowest BCUT2D eigenvalue weighted by Gasteiger charge is -2.35. The number of hydrogen-bond acceptors (Lipinski definition) is 2. The molecule has 0 heterocycles. The largest absolute Gasteiger partial charge is 0.242 e. The Balaban J connectivity index is 4.43. The van der Waals surface area contributed by atoms with E-state index in [1.165, 1.54) is 232 Å². The SMILES string of the molecule is CCCCCCCCCCCCN(CCCC)N(CCCCCCCCCCCC)CCCCCCCCCCCC. The van der Waals surface area contributed by atoms with E-state index < -0.39 is 0 Å². The monoisotopic (exact) mass is 593 g/mol. The summed E-state index contributed by atoms with van der Waals surface area (Å²) in [4.78, 5) is 0. The van der Waals surface area contributed by atoms with Gasteiger partial charge < -0.3 is 0 Å². The van der Waals surface area contributed by atoms with Gasteiger partial charge in [-0.25, -0.2) is 10.0 Å². The fraction of sp³-hybridized carbons (Fsp3) is 1.00. The molecule has 0 aliphatic rings. The van der Waals surface area contributed by atoms with Crippen LogP contribution in [0.4, 0.5) is 0 Å². The lowest BCUT2D eigenvalue weighted by molar-refractivity contribution is -0.0305. The molecule has 0 fully saturated rings.